The highest BCUT2D eigenvalue weighted by Gasteiger charge is 2.23. The molecular weight excluding hydrogens is 546 g/mol. The van der Waals surface area contributed by atoms with Gasteiger partial charge in [-0.1, -0.05) is 51.3 Å². The number of anilines is 2. The minimum atomic E-state index is -1.08. The van der Waals surface area contributed by atoms with Gasteiger partial charge in [-0.15, -0.1) is 0 Å². The summed E-state index contributed by atoms with van der Waals surface area (Å²) < 4.78 is 5.23. The second-order valence-electron chi connectivity index (χ2n) is 9.99. The van der Waals surface area contributed by atoms with Crippen LogP contribution in [0, 0.1) is 5.92 Å². The van der Waals surface area contributed by atoms with Gasteiger partial charge in [0, 0.05) is 33.3 Å². The molecule has 3 rings (SSSR count). The molecule has 1 aromatic carbocycles. The SMILES string of the molecule is CCCCC(CC)CN(Cc1ccccn1)c1nc(Cl)nc(N[C@@H](Cc2ccc(OC(=O)N(C)C)cc2)C(=O)O)n1. The van der Waals surface area contributed by atoms with E-state index in [2.05, 4.69) is 39.1 Å². The molecule has 0 radical (unpaired) electrons. The molecule has 0 saturated carbocycles. The average molecular weight is 584 g/mol. The summed E-state index contributed by atoms with van der Waals surface area (Å²) in [6.07, 6.45) is 5.68. The van der Waals surface area contributed by atoms with E-state index in [1.165, 1.54) is 4.90 Å². The third kappa shape index (κ3) is 10.2. The summed E-state index contributed by atoms with van der Waals surface area (Å²) in [5.74, 6) is 0.110. The van der Waals surface area contributed by atoms with Crippen LogP contribution in [0.15, 0.2) is 48.7 Å². The third-order valence-electron chi connectivity index (χ3n) is 6.51. The van der Waals surface area contributed by atoms with Gasteiger partial charge in [-0.2, -0.15) is 15.0 Å². The molecule has 11 nitrogen and oxygen atoms in total. The first kappa shape index (κ1) is 31.5. The molecule has 3 aromatic rings. The van der Waals surface area contributed by atoms with E-state index in [-0.39, 0.29) is 17.7 Å². The fraction of sp³-hybridized carbons (Fsp3) is 0.448. The number of unbranched alkanes of at least 4 members (excludes halogenated alkanes) is 1. The fourth-order valence-electron chi connectivity index (χ4n) is 4.16. The van der Waals surface area contributed by atoms with E-state index < -0.39 is 18.1 Å². The monoisotopic (exact) mass is 583 g/mol. The maximum Gasteiger partial charge on any atom is 0.414 e. The Morgan fingerprint density at radius 2 is 1.83 bits per heavy atom. The molecule has 0 spiro atoms. The zero-order chi connectivity index (χ0) is 29.8. The van der Waals surface area contributed by atoms with Crippen molar-refractivity contribution in [1.29, 1.82) is 0 Å². The van der Waals surface area contributed by atoms with Crippen molar-refractivity contribution in [2.45, 2.75) is 58.5 Å². The van der Waals surface area contributed by atoms with Crippen molar-refractivity contribution >= 4 is 35.6 Å². The molecule has 12 heteroatoms. The molecule has 2 heterocycles. The number of amides is 1. The Labute approximate surface area is 246 Å². The number of carbonyl (C=O) groups excluding carboxylic acids is 1. The van der Waals surface area contributed by atoms with Crippen LogP contribution in [0.1, 0.15) is 50.8 Å². The number of carboxylic acid groups (broad SMARTS) is 1. The minimum absolute atomic E-state index is 0.0404. The van der Waals surface area contributed by atoms with Gasteiger partial charge in [-0.05, 0) is 53.8 Å². The van der Waals surface area contributed by atoms with Gasteiger partial charge in [0.15, 0.2) is 0 Å². The smallest absolute Gasteiger partial charge is 0.414 e. The van der Waals surface area contributed by atoms with Crippen LogP contribution < -0.4 is 15.0 Å². The lowest BCUT2D eigenvalue weighted by Crippen LogP contribution is -2.34. The van der Waals surface area contributed by atoms with Crippen LogP contribution in [0.25, 0.3) is 0 Å². The van der Waals surface area contributed by atoms with Crippen molar-refractivity contribution in [2.75, 3.05) is 30.9 Å². The number of nitrogens with zero attached hydrogens (tertiary/aromatic N) is 6. The standard InChI is InChI=1S/C29H38ClN7O4/c1-5-7-10-20(6-2)18-37(19-22-11-8-9-16-31-22)28-34-26(30)33-27(35-28)32-24(25(38)39)17-21-12-14-23(15-13-21)41-29(40)36(3)4/h8-9,11-16,20,24H,5-7,10,17-19H2,1-4H3,(H,38,39)(H,32,33,34,35)/t20?,24-/m0/s1. The largest absolute Gasteiger partial charge is 0.480 e. The number of ether oxygens (including phenoxy) is 1. The zero-order valence-corrected chi connectivity index (χ0v) is 24.7. The van der Waals surface area contributed by atoms with Gasteiger partial charge < -0.3 is 25.0 Å². The zero-order valence-electron chi connectivity index (χ0n) is 24.0. The molecule has 1 unspecified atom stereocenters. The highest BCUT2D eigenvalue weighted by atomic mass is 35.5. The Bertz CT molecular complexity index is 1260. The summed E-state index contributed by atoms with van der Waals surface area (Å²) in [6, 6.07) is 11.3. The molecular formula is C29H38ClN7O4. The summed E-state index contributed by atoms with van der Waals surface area (Å²) in [7, 11) is 3.18. The second-order valence-corrected chi connectivity index (χ2v) is 10.3. The van der Waals surface area contributed by atoms with Crippen molar-refractivity contribution in [3.63, 3.8) is 0 Å². The number of nitrogens with one attached hydrogen (secondary N) is 1. The molecule has 0 saturated heterocycles. The third-order valence-corrected chi connectivity index (χ3v) is 6.68. The van der Waals surface area contributed by atoms with E-state index in [1.54, 1.807) is 44.6 Å². The number of aromatic nitrogens is 4. The van der Waals surface area contributed by atoms with Gasteiger partial charge >= 0.3 is 12.1 Å². The van der Waals surface area contributed by atoms with Crippen molar-refractivity contribution < 1.29 is 19.4 Å². The molecule has 0 aliphatic carbocycles. The molecule has 2 N–H and O–H groups in total. The van der Waals surface area contributed by atoms with E-state index >= 15 is 0 Å². The lowest BCUT2D eigenvalue weighted by atomic mass is 9.99. The topological polar surface area (TPSA) is 134 Å². The summed E-state index contributed by atoms with van der Waals surface area (Å²) in [5.41, 5.74) is 1.57. The number of aliphatic carboxylic acids is 1. The van der Waals surface area contributed by atoms with E-state index in [4.69, 9.17) is 16.3 Å². The Morgan fingerprint density at radius 3 is 2.44 bits per heavy atom. The van der Waals surface area contributed by atoms with E-state index in [9.17, 15) is 14.7 Å². The highest BCUT2D eigenvalue weighted by molar-refractivity contribution is 6.28. The number of halogens is 1. The molecule has 0 bridgehead atoms. The lowest BCUT2D eigenvalue weighted by Gasteiger charge is -2.27. The number of carbonyl (C=O) groups is 2. The van der Waals surface area contributed by atoms with Gasteiger partial charge in [0.25, 0.3) is 0 Å². The highest BCUT2D eigenvalue weighted by Crippen LogP contribution is 2.22. The number of hydrogen-bond donors (Lipinski definition) is 2. The summed E-state index contributed by atoms with van der Waals surface area (Å²) in [5, 5.41) is 12.8. The van der Waals surface area contributed by atoms with Crippen LogP contribution in [0.2, 0.25) is 5.28 Å². The second kappa shape index (κ2) is 15.7. The molecule has 41 heavy (non-hydrogen) atoms. The van der Waals surface area contributed by atoms with E-state index in [1.807, 2.05) is 23.1 Å². The van der Waals surface area contributed by atoms with Gasteiger partial charge in [0.05, 0.1) is 12.2 Å². The fourth-order valence-corrected chi connectivity index (χ4v) is 4.31. The van der Waals surface area contributed by atoms with Crippen LogP contribution in [0.4, 0.5) is 16.7 Å². The molecule has 0 fully saturated rings. The van der Waals surface area contributed by atoms with Gasteiger partial charge in [-0.25, -0.2) is 9.59 Å². The molecule has 1 amide bonds. The normalized spacial score (nSPS) is 12.3. The molecule has 2 atom stereocenters. The molecule has 0 aliphatic heterocycles. The number of pyridine rings is 1. The lowest BCUT2D eigenvalue weighted by molar-refractivity contribution is -0.137. The molecule has 0 aliphatic rings. The van der Waals surface area contributed by atoms with Crippen LogP contribution in [-0.4, -0.2) is 68.7 Å². The van der Waals surface area contributed by atoms with Crippen LogP contribution >= 0.6 is 11.6 Å². The first-order chi connectivity index (χ1) is 19.7. The number of carboxylic acids is 1. The quantitative estimate of drug-likeness (QED) is 0.242. The summed E-state index contributed by atoms with van der Waals surface area (Å²) in [6.45, 7) is 5.51. The Morgan fingerprint density at radius 1 is 1.07 bits per heavy atom. The van der Waals surface area contributed by atoms with E-state index in [0.717, 1.165) is 31.4 Å². The first-order valence-corrected chi connectivity index (χ1v) is 14.1. The molecule has 2 aromatic heterocycles. The average Bonchev–Trinajstić information content (AvgIpc) is 2.95. The Balaban J connectivity index is 1.81. The maximum absolute atomic E-state index is 12.2. The van der Waals surface area contributed by atoms with Crippen LogP contribution in [0.3, 0.4) is 0 Å². The van der Waals surface area contributed by atoms with Crippen molar-refractivity contribution in [1.82, 2.24) is 24.8 Å². The van der Waals surface area contributed by atoms with Gasteiger partial charge in [0.1, 0.15) is 11.8 Å². The molecule has 220 valence electrons. The van der Waals surface area contributed by atoms with Crippen LogP contribution in [0.5, 0.6) is 5.75 Å². The predicted octanol–water partition coefficient (Wildman–Crippen LogP) is 5.31. The van der Waals surface area contributed by atoms with Gasteiger partial charge in [-0.3, -0.25) is 4.98 Å². The van der Waals surface area contributed by atoms with Crippen molar-refractivity contribution in [3.05, 3.63) is 65.2 Å². The van der Waals surface area contributed by atoms with Crippen molar-refractivity contribution in [2.24, 2.45) is 5.92 Å². The number of rotatable bonds is 15. The minimum Gasteiger partial charge on any atom is -0.480 e. The van der Waals surface area contributed by atoms with Crippen molar-refractivity contribution in [3.8, 4) is 5.75 Å². The summed E-state index contributed by atoms with van der Waals surface area (Å²) >= 11 is 6.32. The first-order valence-electron chi connectivity index (χ1n) is 13.7. The maximum atomic E-state index is 12.2. The van der Waals surface area contributed by atoms with E-state index in [0.29, 0.717) is 36.3 Å². The number of hydrogen-bond acceptors (Lipinski definition) is 9. The summed E-state index contributed by atoms with van der Waals surface area (Å²) in [4.78, 5) is 44.9. The van der Waals surface area contributed by atoms with Gasteiger partial charge in [0.2, 0.25) is 17.2 Å². The van der Waals surface area contributed by atoms with Crippen LogP contribution in [-0.2, 0) is 17.8 Å². The predicted molar refractivity (Wildman–Crippen MR) is 158 cm³/mol. The Hall–Kier alpha value is -3.99. The Kier molecular flexibility index (Phi) is 12.1. The number of benzene rings is 1.